The van der Waals surface area contributed by atoms with E-state index in [9.17, 15) is 4.79 Å². The minimum absolute atomic E-state index is 0.141. The van der Waals surface area contributed by atoms with Gasteiger partial charge >= 0.3 is 5.97 Å². The molecule has 0 aliphatic heterocycles. The van der Waals surface area contributed by atoms with E-state index in [4.69, 9.17) is 39.9 Å². The van der Waals surface area contributed by atoms with Gasteiger partial charge in [0.15, 0.2) is 0 Å². The zero-order valence-electron chi connectivity index (χ0n) is 9.53. The monoisotopic (exact) mass is 315 g/mol. The fourth-order valence-electron chi connectivity index (χ4n) is 1.74. The van der Waals surface area contributed by atoms with Crippen LogP contribution in [0.5, 0.6) is 0 Å². The lowest BCUT2D eigenvalue weighted by Gasteiger charge is -2.10. The molecule has 0 saturated heterocycles. The molecule has 0 aliphatic carbocycles. The third-order valence-electron chi connectivity index (χ3n) is 2.54. The second-order valence-electron chi connectivity index (χ2n) is 3.84. The van der Waals surface area contributed by atoms with Gasteiger partial charge in [0, 0.05) is 11.8 Å². The number of hydrogen-bond donors (Lipinski definition) is 1. The largest absolute Gasteiger partial charge is 0.481 e. The van der Waals surface area contributed by atoms with Gasteiger partial charge in [-0.1, -0.05) is 40.9 Å². The van der Waals surface area contributed by atoms with E-state index in [1.165, 1.54) is 6.20 Å². The number of benzene rings is 1. The van der Waals surface area contributed by atoms with Gasteiger partial charge in [-0.25, -0.2) is 4.98 Å². The Bertz CT molecular complexity index is 644. The molecule has 3 nitrogen and oxygen atoms in total. The van der Waals surface area contributed by atoms with Crippen LogP contribution in [0.2, 0.25) is 15.2 Å². The summed E-state index contributed by atoms with van der Waals surface area (Å²) in [6.45, 7) is 0. The summed E-state index contributed by atoms with van der Waals surface area (Å²) in [4.78, 5) is 14.8. The van der Waals surface area contributed by atoms with E-state index in [0.717, 1.165) is 0 Å². The highest BCUT2D eigenvalue weighted by Gasteiger charge is 2.14. The second kappa shape index (κ2) is 5.78. The van der Waals surface area contributed by atoms with Crippen molar-refractivity contribution in [3.8, 4) is 11.1 Å². The quantitative estimate of drug-likeness (QED) is 0.857. The van der Waals surface area contributed by atoms with E-state index < -0.39 is 5.97 Å². The van der Waals surface area contributed by atoms with E-state index in [1.54, 1.807) is 24.3 Å². The second-order valence-corrected chi connectivity index (χ2v) is 5.01. The standard InChI is InChI=1S/C13H8Cl3NO2/c14-9-2-1-7(5-10(9)15)12-8(6-11(18)19)3-4-17-13(12)16/h1-5H,6H2,(H,18,19). The van der Waals surface area contributed by atoms with Gasteiger partial charge in [0.05, 0.1) is 16.5 Å². The third-order valence-corrected chi connectivity index (χ3v) is 3.57. The Morgan fingerprint density at radius 2 is 1.89 bits per heavy atom. The molecule has 0 amide bonds. The maximum absolute atomic E-state index is 10.9. The number of aromatic nitrogens is 1. The molecular weight excluding hydrogens is 309 g/mol. The Labute approximate surface area is 124 Å². The third kappa shape index (κ3) is 3.18. The number of nitrogens with zero attached hydrogens (tertiary/aromatic N) is 1. The van der Waals surface area contributed by atoms with Crippen LogP contribution in [0.3, 0.4) is 0 Å². The summed E-state index contributed by atoms with van der Waals surface area (Å²) >= 11 is 17.9. The lowest BCUT2D eigenvalue weighted by atomic mass is 10.00. The van der Waals surface area contributed by atoms with Gasteiger partial charge in [0.25, 0.3) is 0 Å². The predicted octanol–water partition coefficient (Wildman–Crippen LogP) is 4.34. The zero-order chi connectivity index (χ0) is 14.0. The molecule has 19 heavy (non-hydrogen) atoms. The fourth-order valence-corrected chi connectivity index (χ4v) is 2.32. The molecule has 0 aliphatic rings. The zero-order valence-corrected chi connectivity index (χ0v) is 11.8. The molecule has 0 radical (unpaired) electrons. The summed E-state index contributed by atoms with van der Waals surface area (Å²) in [5.41, 5.74) is 1.82. The molecule has 6 heteroatoms. The van der Waals surface area contributed by atoms with Gasteiger partial charge in [-0.3, -0.25) is 4.79 Å². The molecule has 0 bridgehead atoms. The Morgan fingerprint density at radius 3 is 2.53 bits per heavy atom. The topological polar surface area (TPSA) is 50.2 Å². The van der Waals surface area contributed by atoms with E-state index in [-0.39, 0.29) is 11.6 Å². The smallest absolute Gasteiger partial charge is 0.307 e. The van der Waals surface area contributed by atoms with Crippen molar-refractivity contribution in [2.24, 2.45) is 0 Å². The van der Waals surface area contributed by atoms with Crippen LogP contribution in [-0.2, 0) is 11.2 Å². The van der Waals surface area contributed by atoms with Crippen LogP contribution in [0.1, 0.15) is 5.56 Å². The molecule has 2 aromatic rings. The first kappa shape index (κ1) is 14.1. The number of carbonyl (C=O) groups is 1. The molecule has 0 saturated carbocycles. The van der Waals surface area contributed by atoms with Crippen molar-refractivity contribution >= 4 is 40.8 Å². The average Bonchev–Trinajstić information content (AvgIpc) is 2.32. The summed E-state index contributed by atoms with van der Waals surface area (Å²) in [7, 11) is 0. The van der Waals surface area contributed by atoms with Gasteiger partial charge in [0.1, 0.15) is 5.15 Å². The highest BCUT2D eigenvalue weighted by Crippen LogP contribution is 2.34. The molecule has 98 valence electrons. The molecule has 0 unspecified atom stereocenters. The van der Waals surface area contributed by atoms with Gasteiger partial charge in [-0.15, -0.1) is 0 Å². The van der Waals surface area contributed by atoms with Crippen molar-refractivity contribution in [3.05, 3.63) is 51.2 Å². The van der Waals surface area contributed by atoms with Gasteiger partial charge in [-0.05, 0) is 29.3 Å². The van der Waals surface area contributed by atoms with Crippen LogP contribution >= 0.6 is 34.8 Å². The normalized spacial score (nSPS) is 10.5. The summed E-state index contributed by atoms with van der Waals surface area (Å²) in [6.07, 6.45) is 1.33. The maximum atomic E-state index is 10.9. The lowest BCUT2D eigenvalue weighted by Crippen LogP contribution is -2.03. The van der Waals surface area contributed by atoms with Crippen molar-refractivity contribution in [2.75, 3.05) is 0 Å². The maximum Gasteiger partial charge on any atom is 0.307 e. The molecule has 1 heterocycles. The van der Waals surface area contributed by atoms with Crippen molar-refractivity contribution in [2.45, 2.75) is 6.42 Å². The number of carboxylic acid groups (broad SMARTS) is 1. The number of hydrogen-bond acceptors (Lipinski definition) is 2. The van der Waals surface area contributed by atoms with Gasteiger partial charge < -0.3 is 5.11 Å². The highest BCUT2D eigenvalue weighted by atomic mass is 35.5. The van der Waals surface area contributed by atoms with Crippen molar-refractivity contribution < 1.29 is 9.90 Å². The van der Waals surface area contributed by atoms with Crippen LogP contribution in [0.25, 0.3) is 11.1 Å². The van der Waals surface area contributed by atoms with Gasteiger partial charge in [-0.2, -0.15) is 0 Å². The Kier molecular flexibility index (Phi) is 4.30. The minimum Gasteiger partial charge on any atom is -0.481 e. The average molecular weight is 317 g/mol. The number of rotatable bonds is 3. The Morgan fingerprint density at radius 1 is 1.16 bits per heavy atom. The molecule has 1 N–H and O–H groups in total. The number of carboxylic acids is 1. The lowest BCUT2D eigenvalue weighted by molar-refractivity contribution is -0.136. The van der Waals surface area contributed by atoms with Crippen LogP contribution in [0.15, 0.2) is 30.5 Å². The molecule has 1 aromatic heterocycles. The van der Waals surface area contributed by atoms with Crippen molar-refractivity contribution in [1.29, 1.82) is 0 Å². The fraction of sp³-hybridized carbons (Fsp3) is 0.0769. The van der Waals surface area contributed by atoms with E-state index in [2.05, 4.69) is 4.98 Å². The first-order valence-corrected chi connectivity index (χ1v) is 6.43. The summed E-state index contributed by atoms with van der Waals surface area (Å²) in [6, 6.07) is 6.62. The van der Waals surface area contributed by atoms with E-state index >= 15 is 0 Å². The number of halogens is 3. The molecule has 0 fully saturated rings. The molecule has 0 spiro atoms. The minimum atomic E-state index is -0.941. The molecule has 1 aromatic carbocycles. The van der Waals surface area contributed by atoms with Gasteiger partial charge in [0.2, 0.25) is 0 Å². The Hall–Kier alpha value is -1.29. The summed E-state index contributed by atoms with van der Waals surface area (Å²) in [5, 5.41) is 9.95. The van der Waals surface area contributed by atoms with Crippen molar-refractivity contribution in [3.63, 3.8) is 0 Å². The number of aliphatic carboxylic acids is 1. The molecule has 2 rings (SSSR count). The van der Waals surface area contributed by atoms with Crippen LogP contribution in [0, 0.1) is 0 Å². The van der Waals surface area contributed by atoms with Crippen LogP contribution < -0.4 is 0 Å². The predicted molar refractivity (Wildman–Crippen MR) is 76.0 cm³/mol. The number of pyridine rings is 1. The SMILES string of the molecule is O=C(O)Cc1ccnc(Cl)c1-c1ccc(Cl)c(Cl)c1. The first-order chi connectivity index (χ1) is 8.99. The summed E-state index contributed by atoms with van der Waals surface area (Å²) < 4.78 is 0. The first-order valence-electron chi connectivity index (χ1n) is 5.29. The molecular formula is C13H8Cl3NO2. The van der Waals surface area contributed by atoms with Crippen LogP contribution in [-0.4, -0.2) is 16.1 Å². The van der Waals surface area contributed by atoms with Crippen LogP contribution in [0.4, 0.5) is 0 Å². The van der Waals surface area contributed by atoms with E-state index in [0.29, 0.717) is 26.7 Å². The van der Waals surface area contributed by atoms with Crippen molar-refractivity contribution in [1.82, 2.24) is 4.98 Å². The highest BCUT2D eigenvalue weighted by molar-refractivity contribution is 6.42. The van der Waals surface area contributed by atoms with E-state index in [1.807, 2.05) is 0 Å². The molecule has 0 atom stereocenters. The summed E-state index contributed by atoms with van der Waals surface area (Å²) in [5.74, 6) is -0.941. The Balaban J connectivity index is 2.59.